The molecule has 1 aromatic carbocycles. The minimum Gasteiger partial charge on any atom is -0.480 e. The molecule has 0 aliphatic carbocycles. The van der Waals surface area contributed by atoms with Gasteiger partial charge in [0.2, 0.25) is 0 Å². The average Bonchev–Trinajstić information content (AvgIpc) is 2.27. The van der Waals surface area contributed by atoms with Crippen molar-refractivity contribution in [1.29, 1.82) is 0 Å². The number of carboxylic acid groups (broad SMARTS) is 1. The zero-order valence-corrected chi connectivity index (χ0v) is 9.69. The van der Waals surface area contributed by atoms with Gasteiger partial charge < -0.3 is 15.2 Å². The minimum atomic E-state index is -4.94. The summed E-state index contributed by atoms with van der Waals surface area (Å²) in [7, 11) is 0. The van der Waals surface area contributed by atoms with Crippen molar-refractivity contribution >= 4 is 11.9 Å². The SMILES string of the molecule is C[C@H](NC(=O)c1ccccc1OC(F)(F)F)C(=O)O. The largest absolute Gasteiger partial charge is 0.573 e. The third-order valence-electron chi connectivity index (χ3n) is 2.08. The topological polar surface area (TPSA) is 75.6 Å². The summed E-state index contributed by atoms with van der Waals surface area (Å²) in [6.45, 7) is 1.19. The first kappa shape index (κ1) is 14.8. The van der Waals surface area contributed by atoms with E-state index in [2.05, 4.69) is 4.74 Å². The monoisotopic (exact) mass is 277 g/mol. The Morgan fingerprint density at radius 3 is 2.42 bits per heavy atom. The summed E-state index contributed by atoms with van der Waals surface area (Å²) in [5, 5.41) is 10.6. The van der Waals surface area contributed by atoms with E-state index >= 15 is 0 Å². The Morgan fingerprint density at radius 2 is 1.89 bits per heavy atom. The number of hydrogen-bond donors (Lipinski definition) is 2. The summed E-state index contributed by atoms with van der Waals surface area (Å²) in [5.41, 5.74) is -0.395. The van der Waals surface area contributed by atoms with Crippen LogP contribution in [0, 0.1) is 0 Å². The van der Waals surface area contributed by atoms with Gasteiger partial charge in [0.25, 0.3) is 5.91 Å². The lowest BCUT2D eigenvalue weighted by Crippen LogP contribution is -2.38. The van der Waals surface area contributed by atoms with Crippen molar-refractivity contribution in [3.05, 3.63) is 29.8 Å². The van der Waals surface area contributed by atoms with Crippen LogP contribution in [0.25, 0.3) is 0 Å². The Bertz CT molecular complexity index is 487. The third-order valence-corrected chi connectivity index (χ3v) is 2.08. The van der Waals surface area contributed by atoms with E-state index < -0.39 is 35.6 Å². The van der Waals surface area contributed by atoms with E-state index in [4.69, 9.17) is 5.11 Å². The molecule has 1 rings (SSSR count). The molecule has 19 heavy (non-hydrogen) atoms. The molecule has 0 unspecified atom stereocenters. The van der Waals surface area contributed by atoms with E-state index in [1.54, 1.807) is 0 Å². The van der Waals surface area contributed by atoms with E-state index in [0.717, 1.165) is 12.1 Å². The summed E-state index contributed by atoms with van der Waals surface area (Å²) in [4.78, 5) is 22.2. The number of para-hydroxylation sites is 1. The Balaban J connectivity index is 2.94. The van der Waals surface area contributed by atoms with Gasteiger partial charge in [-0.2, -0.15) is 0 Å². The molecule has 0 bridgehead atoms. The van der Waals surface area contributed by atoms with Crippen molar-refractivity contribution in [2.24, 2.45) is 0 Å². The standard InChI is InChI=1S/C11H10F3NO4/c1-6(10(17)18)15-9(16)7-4-2-3-5-8(7)19-11(12,13)14/h2-6H,1H3,(H,15,16)(H,17,18)/t6-/m0/s1. The number of carbonyl (C=O) groups is 2. The fourth-order valence-corrected chi connectivity index (χ4v) is 1.20. The summed E-state index contributed by atoms with van der Waals surface area (Å²) in [6, 6.07) is 3.44. The maximum absolute atomic E-state index is 12.1. The lowest BCUT2D eigenvalue weighted by molar-refractivity contribution is -0.274. The number of carbonyl (C=O) groups excluding carboxylic acids is 1. The molecule has 0 spiro atoms. The maximum atomic E-state index is 12.1. The van der Waals surface area contributed by atoms with E-state index in [-0.39, 0.29) is 0 Å². The van der Waals surface area contributed by atoms with Gasteiger partial charge in [0, 0.05) is 0 Å². The van der Waals surface area contributed by atoms with Gasteiger partial charge in [-0.05, 0) is 19.1 Å². The fourth-order valence-electron chi connectivity index (χ4n) is 1.20. The zero-order valence-electron chi connectivity index (χ0n) is 9.69. The highest BCUT2D eigenvalue weighted by Gasteiger charge is 2.33. The van der Waals surface area contributed by atoms with Crippen LogP contribution in [0.15, 0.2) is 24.3 Å². The van der Waals surface area contributed by atoms with Gasteiger partial charge >= 0.3 is 12.3 Å². The predicted molar refractivity (Wildman–Crippen MR) is 57.7 cm³/mol. The zero-order chi connectivity index (χ0) is 14.6. The highest BCUT2D eigenvalue weighted by molar-refractivity contribution is 5.98. The molecule has 0 aliphatic rings. The molecule has 1 aromatic rings. The van der Waals surface area contributed by atoms with E-state index in [9.17, 15) is 22.8 Å². The van der Waals surface area contributed by atoms with Crippen molar-refractivity contribution in [2.45, 2.75) is 19.3 Å². The number of alkyl halides is 3. The molecular formula is C11H10F3NO4. The summed E-state index contributed by atoms with van der Waals surface area (Å²) in [6.07, 6.45) is -4.94. The molecule has 5 nitrogen and oxygen atoms in total. The molecule has 0 aromatic heterocycles. The smallest absolute Gasteiger partial charge is 0.480 e. The van der Waals surface area contributed by atoms with Crippen LogP contribution in [-0.4, -0.2) is 29.4 Å². The number of rotatable bonds is 4. The van der Waals surface area contributed by atoms with Crippen LogP contribution in [0.4, 0.5) is 13.2 Å². The van der Waals surface area contributed by atoms with E-state index in [1.807, 2.05) is 5.32 Å². The van der Waals surface area contributed by atoms with Gasteiger partial charge in [0.1, 0.15) is 11.8 Å². The second kappa shape index (κ2) is 5.59. The quantitative estimate of drug-likeness (QED) is 0.879. The van der Waals surface area contributed by atoms with Crippen LogP contribution in [0.5, 0.6) is 5.75 Å². The number of halogens is 3. The normalized spacial score (nSPS) is 12.6. The Labute approximate surface area is 106 Å². The van der Waals surface area contributed by atoms with Gasteiger partial charge in [0.15, 0.2) is 0 Å². The summed E-state index contributed by atoms with van der Waals surface area (Å²) < 4.78 is 40.1. The molecule has 1 amide bonds. The molecule has 8 heteroatoms. The second-order valence-corrected chi connectivity index (χ2v) is 3.58. The molecule has 2 N–H and O–H groups in total. The fraction of sp³-hybridized carbons (Fsp3) is 0.273. The number of nitrogens with one attached hydrogen (secondary N) is 1. The van der Waals surface area contributed by atoms with Crippen molar-refractivity contribution in [3.8, 4) is 5.75 Å². The number of amides is 1. The van der Waals surface area contributed by atoms with Gasteiger partial charge in [0.05, 0.1) is 5.56 Å². The molecular weight excluding hydrogens is 267 g/mol. The first-order chi connectivity index (χ1) is 8.70. The first-order valence-electron chi connectivity index (χ1n) is 5.09. The van der Waals surface area contributed by atoms with Crippen LogP contribution in [0.2, 0.25) is 0 Å². The molecule has 0 fully saturated rings. The molecule has 104 valence electrons. The van der Waals surface area contributed by atoms with E-state index in [1.165, 1.54) is 19.1 Å². The van der Waals surface area contributed by atoms with Crippen LogP contribution >= 0.6 is 0 Å². The maximum Gasteiger partial charge on any atom is 0.573 e. The molecule has 0 aliphatic heterocycles. The molecule has 0 saturated carbocycles. The van der Waals surface area contributed by atoms with Gasteiger partial charge in [-0.25, -0.2) is 0 Å². The van der Waals surface area contributed by atoms with Crippen LogP contribution in [0.1, 0.15) is 17.3 Å². The molecule has 1 atom stereocenters. The van der Waals surface area contributed by atoms with Gasteiger partial charge in [-0.3, -0.25) is 9.59 Å². The van der Waals surface area contributed by atoms with Gasteiger partial charge in [-0.1, -0.05) is 12.1 Å². The number of hydrogen-bond acceptors (Lipinski definition) is 3. The van der Waals surface area contributed by atoms with Crippen molar-refractivity contribution in [3.63, 3.8) is 0 Å². The van der Waals surface area contributed by atoms with Crippen LogP contribution in [0.3, 0.4) is 0 Å². The minimum absolute atomic E-state index is 0.395. The number of ether oxygens (including phenoxy) is 1. The highest BCUT2D eigenvalue weighted by Crippen LogP contribution is 2.26. The Hall–Kier alpha value is -2.25. The van der Waals surface area contributed by atoms with Crippen molar-refractivity contribution in [2.75, 3.05) is 0 Å². The number of carboxylic acids is 1. The number of benzene rings is 1. The average molecular weight is 277 g/mol. The van der Waals surface area contributed by atoms with Crippen LogP contribution < -0.4 is 10.1 Å². The second-order valence-electron chi connectivity index (χ2n) is 3.58. The van der Waals surface area contributed by atoms with E-state index in [0.29, 0.717) is 0 Å². The molecule has 0 radical (unpaired) electrons. The lowest BCUT2D eigenvalue weighted by atomic mass is 10.1. The van der Waals surface area contributed by atoms with Crippen LogP contribution in [-0.2, 0) is 4.79 Å². The Morgan fingerprint density at radius 1 is 1.32 bits per heavy atom. The van der Waals surface area contributed by atoms with Crippen molar-refractivity contribution in [1.82, 2.24) is 5.32 Å². The summed E-state index contributed by atoms with van der Waals surface area (Å²) in [5.74, 6) is -2.96. The van der Waals surface area contributed by atoms with Crippen molar-refractivity contribution < 1.29 is 32.6 Å². The molecule has 0 saturated heterocycles. The molecule has 0 heterocycles. The first-order valence-corrected chi connectivity index (χ1v) is 5.09. The highest BCUT2D eigenvalue weighted by atomic mass is 19.4. The predicted octanol–water partition coefficient (Wildman–Crippen LogP) is 1.79. The third kappa shape index (κ3) is 4.49. The Kier molecular flexibility index (Phi) is 4.36. The number of aliphatic carboxylic acids is 1. The lowest BCUT2D eigenvalue weighted by Gasteiger charge is -2.14. The summed E-state index contributed by atoms with van der Waals surface area (Å²) >= 11 is 0. The van der Waals surface area contributed by atoms with Gasteiger partial charge in [-0.15, -0.1) is 13.2 Å².